The lowest BCUT2D eigenvalue weighted by molar-refractivity contribution is -0.0545. The van der Waals surface area contributed by atoms with Gasteiger partial charge in [0.2, 0.25) is 0 Å². The minimum atomic E-state index is 0.283. The zero-order valence-electron chi connectivity index (χ0n) is 12.4. The maximum absolute atomic E-state index is 9.72. The van der Waals surface area contributed by atoms with Gasteiger partial charge in [0.15, 0.2) is 0 Å². The number of hydrogen-bond acceptors (Lipinski definition) is 2. The lowest BCUT2D eigenvalue weighted by Gasteiger charge is -2.53. The van der Waals surface area contributed by atoms with Crippen molar-refractivity contribution in [3.05, 3.63) is 35.9 Å². The summed E-state index contributed by atoms with van der Waals surface area (Å²) in [5.41, 5.74) is 1.94. The first kappa shape index (κ1) is 14.1. The molecule has 1 aliphatic carbocycles. The van der Waals surface area contributed by atoms with Gasteiger partial charge in [0, 0.05) is 19.1 Å². The molecule has 1 N–H and O–H groups in total. The van der Waals surface area contributed by atoms with Gasteiger partial charge in [-0.2, -0.15) is 0 Å². The van der Waals surface area contributed by atoms with Gasteiger partial charge in [-0.1, -0.05) is 56.0 Å². The van der Waals surface area contributed by atoms with E-state index in [1.54, 1.807) is 0 Å². The molecule has 0 aromatic heterocycles. The highest BCUT2D eigenvalue weighted by Gasteiger charge is 2.44. The SMILES string of the molecule is OC[C@H](Cc1ccccc1)N1CC2(CCCCCC2)C1. The van der Waals surface area contributed by atoms with Crippen molar-refractivity contribution in [1.29, 1.82) is 0 Å². The molecule has 1 saturated heterocycles. The van der Waals surface area contributed by atoms with Crippen molar-refractivity contribution in [2.75, 3.05) is 19.7 Å². The van der Waals surface area contributed by atoms with E-state index in [0.29, 0.717) is 11.5 Å². The van der Waals surface area contributed by atoms with Crippen molar-refractivity contribution in [1.82, 2.24) is 4.90 Å². The smallest absolute Gasteiger partial charge is 0.0590 e. The van der Waals surface area contributed by atoms with Crippen LogP contribution in [-0.4, -0.2) is 35.7 Å². The first-order chi connectivity index (χ1) is 9.81. The van der Waals surface area contributed by atoms with Crippen LogP contribution in [0.2, 0.25) is 0 Å². The summed E-state index contributed by atoms with van der Waals surface area (Å²) in [7, 11) is 0. The number of rotatable bonds is 4. The largest absolute Gasteiger partial charge is 0.395 e. The molecule has 1 aromatic rings. The molecule has 2 heteroatoms. The number of aliphatic hydroxyl groups is 1. The average molecular weight is 273 g/mol. The number of nitrogens with zero attached hydrogens (tertiary/aromatic N) is 1. The quantitative estimate of drug-likeness (QED) is 0.910. The van der Waals surface area contributed by atoms with Crippen LogP contribution in [-0.2, 0) is 6.42 Å². The Morgan fingerprint density at radius 3 is 2.25 bits per heavy atom. The fourth-order valence-electron chi connectivity index (χ4n) is 4.06. The summed E-state index contributed by atoms with van der Waals surface area (Å²) in [6, 6.07) is 10.9. The maximum atomic E-state index is 9.72. The average Bonchev–Trinajstić information content (AvgIpc) is 2.70. The van der Waals surface area contributed by atoms with E-state index in [4.69, 9.17) is 0 Å². The van der Waals surface area contributed by atoms with Crippen LogP contribution >= 0.6 is 0 Å². The van der Waals surface area contributed by atoms with Gasteiger partial charge >= 0.3 is 0 Å². The Bertz CT molecular complexity index is 401. The highest BCUT2D eigenvalue weighted by Crippen LogP contribution is 2.43. The Balaban J connectivity index is 1.56. The second-order valence-electron chi connectivity index (χ2n) is 6.85. The lowest BCUT2D eigenvalue weighted by Crippen LogP contribution is -2.61. The van der Waals surface area contributed by atoms with Gasteiger partial charge < -0.3 is 5.11 Å². The minimum Gasteiger partial charge on any atom is -0.395 e. The molecule has 1 atom stereocenters. The van der Waals surface area contributed by atoms with Crippen molar-refractivity contribution < 1.29 is 5.11 Å². The van der Waals surface area contributed by atoms with E-state index in [1.165, 1.54) is 57.2 Å². The number of benzene rings is 1. The van der Waals surface area contributed by atoms with Crippen molar-refractivity contribution in [2.24, 2.45) is 5.41 Å². The molecule has 0 bridgehead atoms. The molecule has 1 spiro atoms. The van der Waals surface area contributed by atoms with Crippen LogP contribution in [0.3, 0.4) is 0 Å². The third kappa shape index (κ3) is 3.07. The van der Waals surface area contributed by atoms with Crippen LogP contribution in [0.25, 0.3) is 0 Å². The first-order valence-electron chi connectivity index (χ1n) is 8.20. The van der Waals surface area contributed by atoms with Gasteiger partial charge in [-0.15, -0.1) is 0 Å². The summed E-state index contributed by atoms with van der Waals surface area (Å²) in [6.07, 6.45) is 9.48. The topological polar surface area (TPSA) is 23.5 Å². The Kier molecular flexibility index (Phi) is 4.42. The molecular formula is C18H27NO. The summed E-state index contributed by atoms with van der Waals surface area (Å²) in [5, 5.41) is 9.72. The third-order valence-corrected chi connectivity index (χ3v) is 5.28. The van der Waals surface area contributed by atoms with Crippen LogP contribution in [0.15, 0.2) is 30.3 Å². The van der Waals surface area contributed by atoms with E-state index in [-0.39, 0.29) is 6.61 Å². The second kappa shape index (κ2) is 6.28. The van der Waals surface area contributed by atoms with Gasteiger partial charge in [0.25, 0.3) is 0 Å². The number of likely N-dealkylation sites (tertiary alicyclic amines) is 1. The van der Waals surface area contributed by atoms with E-state index < -0.39 is 0 Å². The predicted octanol–water partition coefficient (Wildman–Crippen LogP) is 3.25. The Morgan fingerprint density at radius 1 is 1.00 bits per heavy atom. The monoisotopic (exact) mass is 273 g/mol. The minimum absolute atomic E-state index is 0.283. The number of aliphatic hydroxyl groups excluding tert-OH is 1. The van der Waals surface area contributed by atoms with E-state index in [2.05, 4.69) is 35.2 Å². The Labute approximate surface area is 122 Å². The molecule has 0 amide bonds. The summed E-state index contributed by atoms with van der Waals surface area (Å²) >= 11 is 0. The lowest BCUT2D eigenvalue weighted by atomic mass is 9.72. The molecule has 2 nitrogen and oxygen atoms in total. The van der Waals surface area contributed by atoms with Gasteiger partial charge in [0.05, 0.1) is 6.61 Å². The molecule has 20 heavy (non-hydrogen) atoms. The zero-order valence-corrected chi connectivity index (χ0v) is 12.4. The van der Waals surface area contributed by atoms with Crippen molar-refractivity contribution >= 4 is 0 Å². The van der Waals surface area contributed by atoms with E-state index >= 15 is 0 Å². The standard InChI is InChI=1S/C18H27NO/c20-13-17(12-16-8-4-3-5-9-16)19-14-18(15-19)10-6-1-2-7-11-18/h3-5,8-9,17,20H,1-2,6-7,10-15H2/t17-/m0/s1. The van der Waals surface area contributed by atoms with Crippen molar-refractivity contribution in [3.8, 4) is 0 Å². The van der Waals surface area contributed by atoms with Gasteiger partial charge in [0.1, 0.15) is 0 Å². The van der Waals surface area contributed by atoms with E-state index in [1.807, 2.05) is 0 Å². The molecule has 0 radical (unpaired) electrons. The molecule has 3 rings (SSSR count). The van der Waals surface area contributed by atoms with Crippen molar-refractivity contribution in [3.63, 3.8) is 0 Å². The van der Waals surface area contributed by atoms with Crippen LogP contribution in [0.1, 0.15) is 44.1 Å². The predicted molar refractivity (Wildman–Crippen MR) is 82.7 cm³/mol. The van der Waals surface area contributed by atoms with Gasteiger partial charge in [-0.05, 0) is 30.2 Å². The summed E-state index contributed by atoms with van der Waals surface area (Å²) < 4.78 is 0. The number of hydrogen-bond donors (Lipinski definition) is 1. The zero-order chi connectivity index (χ0) is 13.8. The fraction of sp³-hybridized carbons (Fsp3) is 0.667. The second-order valence-corrected chi connectivity index (χ2v) is 6.85. The molecule has 0 unspecified atom stereocenters. The Morgan fingerprint density at radius 2 is 1.65 bits per heavy atom. The summed E-state index contributed by atoms with van der Waals surface area (Å²) in [4.78, 5) is 2.51. The molecule has 1 saturated carbocycles. The normalized spacial score (nSPS) is 24.1. The molecule has 2 aliphatic rings. The van der Waals surface area contributed by atoms with Crippen LogP contribution in [0.5, 0.6) is 0 Å². The highest BCUT2D eigenvalue weighted by atomic mass is 16.3. The molecular weight excluding hydrogens is 246 g/mol. The molecule has 1 aromatic carbocycles. The van der Waals surface area contributed by atoms with Gasteiger partial charge in [-0.3, -0.25) is 4.90 Å². The van der Waals surface area contributed by atoms with Crippen molar-refractivity contribution in [2.45, 2.75) is 51.0 Å². The Hall–Kier alpha value is -0.860. The molecule has 110 valence electrons. The van der Waals surface area contributed by atoms with E-state index in [9.17, 15) is 5.11 Å². The first-order valence-corrected chi connectivity index (χ1v) is 8.20. The summed E-state index contributed by atoms with van der Waals surface area (Å²) in [6.45, 7) is 2.71. The fourth-order valence-corrected chi connectivity index (χ4v) is 4.06. The van der Waals surface area contributed by atoms with Crippen LogP contribution < -0.4 is 0 Å². The van der Waals surface area contributed by atoms with Crippen LogP contribution in [0, 0.1) is 5.41 Å². The molecule has 2 fully saturated rings. The summed E-state index contributed by atoms with van der Waals surface area (Å²) in [5.74, 6) is 0. The molecule has 1 aliphatic heterocycles. The highest BCUT2D eigenvalue weighted by molar-refractivity contribution is 5.16. The third-order valence-electron chi connectivity index (χ3n) is 5.28. The molecule has 1 heterocycles. The maximum Gasteiger partial charge on any atom is 0.0590 e. The van der Waals surface area contributed by atoms with E-state index in [0.717, 1.165) is 6.42 Å². The van der Waals surface area contributed by atoms with Gasteiger partial charge in [-0.25, -0.2) is 0 Å². The van der Waals surface area contributed by atoms with Crippen LogP contribution in [0.4, 0.5) is 0 Å².